The normalized spacial score (nSPS) is 19.0. The number of methoxy groups -OCH3 is 2. The number of likely N-dealkylation sites (tertiary alicyclic amines) is 1. The van der Waals surface area contributed by atoms with Gasteiger partial charge in [-0.15, -0.1) is 0 Å². The number of amides is 1. The van der Waals surface area contributed by atoms with E-state index >= 15 is 0 Å². The van der Waals surface area contributed by atoms with Gasteiger partial charge in [0.1, 0.15) is 22.5 Å². The molecule has 3 aromatic heterocycles. The minimum Gasteiger partial charge on any atom is -0.495 e. The first-order valence-corrected chi connectivity index (χ1v) is 16.4. The fourth-order valence-electron chi connectivity index (χ4n) is 7.11. The second-order valence-corrected chi connectivity index (χ2v) is 12.7. The lowest BCUT2D eigenvalue weighted by Gasteiger charge is -2.55. The summed E-state index contributed by atoms with van der Waals surface area (Å²) in [5.41, 5.74) is 4.78. The number of carbonyl (C=O) groups excluding carboxylic acids is 1. The average molecular weight is 635 g/mol. The van der Waals surface area contributed by atoms with E-state index in [4.69, 9.17) is 19.2 Å². The molecule has 0 bridgehead atoms. The Bertz CT molecular complexity index is 1540. The van der Waals surface area contributed by atoms with Crippen LogP contribution in [0.1, 0.15) is 69.5 Å². The number of allylic oxidation sites excluding steroid dienone is 2. The van der Waals surface area contributed by atoms with E-state index in [9.17, 15) is 9.90 Å². The Morgan fingerprint density at radius 2 is 2.02 bits per heavy atom. The van der Waals surface area contributed by atoms with E-state index in [1.165, 1.54) is 32.2 Å². The quantitative estimate of drug-likeness (QED) is 0.259. The Labute approximate surface area is 269 Å². The summed E-state index contributed by atoms with van der Waals surface area (Å²) in [5.74, 6) is 1.30. The number of ether oxygens (including phenoxy) is 3. The number of anilines is 2. The van der Waals surface area contributed by atoms with Gasteiger partial charge in [-0.1, -0.05) is 19.4 Å². The van der Waals surface area contributed by atoms with E-state index in [1.807, 2.05) is 6.20 Å². The number of aliphatic hydroxyl groups is 1. The molecule has 2 saturated heterocycles. The molecule has 13 heteroatoms. The van der Waals surface area contributed by atoms with Crippen LogP contribution in [0.4, 0.5) is 16.6 Å². The Balaban J connectivity index is 1.20. The first-order chi connectivity index (χ1) is 22.4. The topological polar surface area (TPSA) is 149 Å². The number of hydrogen-bond donors (Lipinski definition) is 3. The van der Waals surface area contributed by atoms with Crippen molar-refractivity contribution in [1.82, 2.24) is 29.6 Å². The van der Waals surface area contributed by atoms with Gasteiger partial charge >= 0.3 is 6.09 Å². The molecular weight excluding hydrogens is 588 g/mol. The maximum absolute atomic E-state index is 11.9. The van der Waals surface area contributed by atoms with Gasteiger partial charge in [0, 0.05) is 51.2 Å². The zero-order valence-corrected chi connectivity index (χ0v) is 27.1. The Kier molecular flexibility index (Phi) is 10.00. The van der Waals surface area contributed by atoms with Gasteiger partial charge in [-0.3, -0.25) is 19.9 Å². The van der Waals surface area contributed by atoms with Gasteiger partial charge in [0.25, 0.3) is 0 Å². The smallest absolute Gasteiger partial charge is 0.413 e. The molecule has 248 valence electrons. The van der Waals surface area contributed by atoms with E-state index in [2.05, 4.69) is 49.7 Å². The number of nitrogens with one attached hydrogen (secondary N) is 2. The van der Waals surface area contributed by atoms with Gasteiger partial charge in [-0.05, 0) is 67.6 Å². The first kappa shape index (κ1) is 32.1. The summed E-state index contributed by atoms with van der Waals surface area (Å²) in [6, 6.07) is 2.75. The molecule has 0 saturated carbocycles. The molecule has 1 atom stereocenters. The third-order valence-electron chi connectivity index (χ3n) is 9.65. The second kappa shape index (κ2) is 14.3. The lowest BCUT2D eigenvalue weighted by Crippen LogP contribution is -2.60. The van der Waals surface area contributed by atoms with Crippen LogP contribution >= 0.6 is 0 Å². The molecule has 3 aromatic rings. The third kappa shape index (κ3) is 6.96. The van der Waals surface area contributed by atoms with Crippen LogP contribution in [0, 0.1) is 5.41 Å². The molecular formula is C33H46N8O5. The van der Waals surface area contributed by atoms with Gasteiger partial charge in [0.2, 0.25) is 5.95 Å². The van der Waals surface area contributed by atoms with Crippen LogP contribution in [0.25, 0.3) is 16.6 Å². The molecule has 0 unspecified atom stereocenters. The van der Waals surface area contributed by atoms with E-state index in [1.54, 1.807) is 18.0 Å². The van der Waals surface area contributed by atoms with Crippen molar-refractivity contribution in [3.63, 3.8) is 0 Å². The first-order valence-electron chi connectivity index (χ1n) is 16.4. The van der Waals surface area contributed by atoms with Crippen molar-refractivity contribution < 1.29 is 24.1 Å². The number of aromatic nitrogens is 5. The number of aliphatic hydroxyl groups excluding tert-OH is 1. The van der Waals surface area contributed by atoms with Crippen molar-refractivity contribution >= 4 is 34.5 Å². The monoisotopic (exact) mass is 634 g/mol. The lowest BCUT2D eigenvalue weighted by molar-refractivity contribution is -0.0679. The highest BCUT2D eigenvalue weighted by molar-refractivity contribution is 5.89. The maximum Gasteiger partial charge on any atom is 0.413 e. The van der Waals surface area contributed by atoms with Crippen molar-refractivity contribution in [3.8, 4) is 5.75 Å². The Morgan fingerprint density at radius 1 is 1.20 bits per heavy atom. The fraction of sp³-hybridized carbons (Fsp3) is 0.606. The van der Waals surface area contributed by atoms with Crippen molar-refractivity contribution in [3.05, 3.63) is 35.8 Å². The number of pyridine rings is 1. The summed E-state index contributed by atoms with van der Waals surface area (Å²) in [6.07, 6.45) is 13.3. The summed E-state index contributed by atoms with van der Waals surface area (Å²) < 4.78 is 17.9. The lowest BCUT2D eigenvalue weighted by atomic mass is 9.68. The van der Waals surface area contributed by atoms with Crippen LogP contribution < -0.4 is 15.4 Å². The molecule has 3 N–H and O–H groups in total. The van der Waals surface area contributed by atoms with Crippen LogP contribution in [0.3, 0.4) is 0 Å². The van der Waals surface area contributed by atoms with Crippen molar-refractivity contribution in [2.24, 2.45) is 5.41 Å². The van der Waals surface area contributed by atoms with Crippen LogP contribution in [0.5, 0.6) is 5.75 Å². The largest absolute Gasteiger partial charge is 0.495 e. The molecule has 3 aliphatic rings. The highest BCUT2D eigenvalue weighted by atomic mass is 16.5. The molecule has 13 nitrogen and oxygen atoms in total. The number of nitrogens with zero attached hydrogens (tertiary/aromatic N) is 6. The molecule has 6 rings (SSSR count). The highest BCUT2D eigenvalue weighted by Crippen LogP contribution is 2.46. The Morgan fingerprint density at radius 3 is 2.72 bits per heavy atom. The molecule has 2 aliphatic heterocycles. The SMILES string of the molecule is CCC[C@@H](CCO)Nc1nc(NC(=O)OC)nc2cnn(Cc3ncc(C4=CCC5(CC4)CN(C4CCOCC4)C5)cc3OC)c12. The van der Waals surface area contributed by atoms with E-state index < -0.39 is 6.09 Å². The Hall–Kier alpha value is -3.81. The van der Waals surface area contributed by atoms with Crippen LogP contribution in [-0.2, 0) is 16.0 Å². The van der Waals surface area contributed by atoms with Crippen molar-refractivity contribution in [2.75, 3.05) is 57.8 Å². The van der Waals surface area contributed by atoms with Crippen LogP contribution in [0.15, 0.2) is 24.5 Å². The molecule has 2 fully saturated rings. The second-order valence-electron chi connectivity index (χ2n) is 12.7. The standard InChI is InChI=1S/C33H46N8O5/c1-4-5-24(8-13-42)36-30-29-26(37-31(38-30)39-32(43)45-3)18-35-41(29)19-27-28(44-2)16-23(17-34-27)22-6-11-33(12-7-22)20-40(21-33)25-9-14-46-15-10-25/h6,16-18,24-25,42H,4-5,7-15,19-21H2,1-3H3,(H2,36,37,38,39,43)/t24-/m0/s1. The number of hydrogen-bond acceptors (Lipinski definition) is 11. The van der Waals surface area contributed by atoms with Gasteiger partial charge in [0.05, 0.1) is 27.0 Å². The zero-order chi connectivity index (χ0) is 32.1. The molecule has 1 aliphatic carbocycles. The minimum absolute atomic E-state index is 0.0258. The summed E-state index contributed by atoms with van der Waals surface area (Å²) in [5, 5.41) is 20.3. The predicted octanol–water partition coefficient (Wildman–Crippen LogP) is 4.47. The maximum atomic E-state index is 11.9. The molecule has 1 spiro atoms. The van der Waals surface area contributed by atoms with E-state index in [0.29, 0.717) is 47.0 Å². The number of fused-ring (bicyclic) bond motifs is 1. The highest BCUT2D eigenvalue weighted by Gasteiger charge is 2.45. The van der Waals surface area contributed by atoms with Gasteiger partial charge in [0.15, 0.2) is 5.82 Å². The molecule has 0 radical (unpaired) electrons. The van der Waals surface area contributed by atoms with E-state index in [0.717, 1.165) is 63.0 Å². The van der Waals surface area contributed by atoms with Gasteiger partial charge in [-0.2, -0.15) is 10.1 Å². The van der Waals surface area contributed by atoms with Crippen LogP contribution in [0.2, 0.25) is 0 Å². The minimum atomic E-state index is -0.667. The van der Waals surface area contributed by atoms with Crippen LogP contribution in [-0.4, -0.2) is 100 Å². The molecule has 5 heterocycles. The zero-order valence-electron chi connectivity index (χ0n) is 27.1. The average Bonchev–Trinajstić information content (AvgIpc) is 3.47. The summed E-state index contributed by atoms with van der Waals surface area (Å²) in [6.45, 7) is 6.64. The molecule has 1 amide bonds. The summed E-state index contributed by atoms with van der Waals surface area (Å²) in [4.78, 5) is 28.5. The van der Waals surface area contributed by atoms with Crippen molar-refractivity contribution in [2.45, 2.75) is 76.9 Å². The van der Waals surface area contributed by atoms with Crippen molar-refractivity contribution in [1.29, 1.82) is 0 Å². The van der Waals surface area contributed by atoms with E-state index in [-0.39, 0.29) is 18.6 Å². The number of carbonyl (C=O) groups is 1. The third-order valence-corrected chi connectivity index (χ3v) is 9.65. The fourth-order valence-corrected chi connectivity index (χ4v) is 7.11. The molecule has 46 heavy (non-hydrogen) atoms. The molecule has 0 aromatic carbocycles. The predicted molar refractivity (Wildman–Crippen MR) is 175 cm³/mol. The van der Waals surface area contributed by atoms with Gasteiger partial charge in [-0.25, -0.2) is 9.78 Å². The number of rotatable bonds is 12. The summed E-state index contributed by atoms with van der Waals surface area (Å²) >= 11 is 0. The summed E-state index contributed by atoms with van der Waals surface area (Å²) in [7, 11) is 2.95. The van der Waals surface area contributed by atoms with Gasteiger partial charge < -0.3 is 24.6 Å².